The number of carbonyl (C=O) groups is 1. The molecule has 8 N–H and O–H groups in total. The number of methoxy groups -OCH3 is 1. The zero-order chi connectivity index (χ0) is 29.4. The molecular weight excluding hydrogens is 526 g/mol. The number of carbonyl (C=O) groups excluding carboxylic acids is 1. The average molecular weight is 570 g/mol. The molecule has 0 unspecified atom stereocenters. The highest BCUT2D eigenvalue weighted by Gasteiger charge is 2.52. The van der Waals surface area contributed by atoms with Crippen molar-refractivity contribution in [2.45, 2.75) is 139 Å². The smallest absolute Gasteiger partial charge is 0.223 e. The van der Waals surface area contributed by atoms with Crippen molar-refractivity contribution in [3.63, 3.8) is 0 Å². The largest absolute Gasteiger partial charge is 0.390 e. The molecule has 228 valence electrons. The minimum Gasteiger partial charge on any atom is -0.390 e. The Balaban J connectivity index is 1.72. The molecule has 15 nitrogen and oxygen atoms in total. The quantitative estimate of drug-likeness (QED) is 0.142. The van der Waals surface area contributed by atoms with Gasteiger partial charge in [-0.1, -0.05) is 0 Å². The lowest BCUT2D eigenvalue weighted by molar-refractivity contribution is -0.371. The summed E-state index contributed by atoms with van der Waals surface area (Å²) in [6, 6.07) is -0.922. The predicted octanol–water partition coefficient (Wildman–Crippen LogP) is -3.55. The molecule has 0 bridgehead atoms. The molecule has 39 heavy (non-hydrogen) atoms. The van der Waals surface area contributed by atoms with E-state index >= 15 is 0 Å². The van der Waals surface area contributed by atoms with Crippen LogP contribution in [0, 0.1) is 0 Å². The maximum absolute atomic E-state index is 12.4. The van der Waals surface area contributed by atoms with Gasteiger partial charge in [-0.3, -0.25) is 4.79 Å². The number of ether oxygens (including phenoxy) is 6. The summed E-state index contributed by atoms with van der Waals surface area (Å²) in [4.78, 5) is 12.4. The van der Waals surface area contributed by atoms with Gasteiger partial charge < -0.3 is 69.5 Å². The second-order valence-electron chi connectivity index (χ2n) is 11.1. The van der Waals surface area contributed by atoms with Crippen LogP contribution in [-0.4, -0.2) is 146 Å². The molecule has 3 rings (SSSR count). The summed E-state index contributed by atoms with van der Waals surface area (Å²) in [6.07, 6.45) is -18.8. The maximum Gasteiger partial charge on any atom is 0.223 e. The predicted molar refractivity (Wildman–Crippen MR) is 129 cm³/mol. The summed E-state index contributed by atoms with van der Waals surface area (Å²) in [5.74, 6) is -0.516. The molecule has 3 aliphatic heterocycles. The van der Waals surface area contributed by atoms with Gasteiger partial charge in [0, 0.05) is 7.11 Å². The van der Waals surface area contributed by atoms with E-state index in [1.165, 1.54) is 34.8 Å². The van der Waals surface area contributed by atoms with E-state index in [4.69, 9.17) is 28.4 Å². The van der Waals surface area contributed by atoms with E-state index in [-0.39, 0.29) is 6.42 Å². The third-order valence-corrected chi connectivity index (χ3v) is 7.18. The lowest BCUT2D eigenvalue weighted by Crippen LogP contribution is -2.67. The molecule has 3 aliphatic rings. The van der Waals surface area contributed by atoms with E-state index in [1.807, 2.05) is 0 Å². The molecule has 3 fully saturated rings. The minimum atomic E-state index is -1.68. The SMILES string of the molecule is CO[C@H]1[C@H](O[C@@H]2[C@@H](O)[C@H](C)O[C@H](O[C@@H]3[C@@H](O)[C@H](C)O[C@H](O)[C@@H]3O)[C@@H]2O)O[C@H](C)[C@@H](NC(=O)CC(C)(C)O)[C@@H]1O. The summed E-state index contributed by atoms with van der Waals surface area (Å²) >= 11 is 0. The molecule has 0 spiro atoms. The first-order chi connectivity index (χ1) is 18.0. The van der Waals surface area contributed by atoms with Gasteiger partial charge in [-0.05, 0) is 34.6 Å². The van der Waals surface area contributed by atoms with Crippen molar-refractivity contribution in [3.8, 4) is 0 Å². The van der Waals surface area contributed by atoms with E-state index in [2.05, 4.69) is 5.32 Å². The van der Waals surface area contributed by atoms with Gasteiger partial charge in [0.15, 0.2) is 18.9 Å². The number of rotatable bonds is 8. The molecule has 0 radical (unpaired) electrons. The van der Waals surface area contributed by atoms with Crippen molar-refractivity contribution in [1.82, 2.24) is 5.32 Å². The molecule has 3 saturated heterocycles. The summed E-state index contributed by atoms with van der Waals surface area (Å²) in [6.45, 7) is 7.47. The lowest BCUT2D eigenvalue weighted by Gasteiger charge is -2.48. The highest BCUT2D eigenvalue weighted by Crippen LogP contribution is 2.32. The fourth-order valence-electron chi connectivity index (χ4n) is 4.96. The van der Waals surface area contributed by atoms with Crippen LogP contribution < -0.4 is 5.32 Å². The first-order valence-electron chi connectivity index (χ1n) is 13.0. The fourth-order valence-corrected chi connectivity index (χ4v) is 4.96. The summed E-state index contributed by atoms with van der Waals surface area (Å²) in [5, 5.41) is 75.9. The van der Waals surface area contributed by atoms with Crippen molar-refractivity contribution in [3.05, 3.63) is 0 Å². The Morgan fingerprint density at radius 3 is 1.82 bits per heavy atom. The number of aliphatic hydroxyl groups is 7. The molecular formula is C24H43NO14. The molecule has 0 aromatic heterocycles. The normalized spacial score (nSPS) is 47.6. The second-order valence-corrected chi connectivity index (χ2v) is 11.1. The number of amides is 1. The lowest BCUT2D eigenvalue weighted by atomic mass is 9.94. The van der Waals surface area contributed by atoms with E-state index in [0.29, 0.717) is 0 Å². The van der Waals surface area contributed by atoms with Gasteiger partial charge in [0.05, 0.1) is 36.4 Å². The molecule has 1 amide bonds. The number of hydrogen-bond acceptors (Lipinski definition) is 14. The van der Waals surface area contributed by atoms with Crippen molar-refractivity contribution in [1.29, 1.82) is 0 Å². The van der Waals surface area contributed by atoms with Crippen LogP contribution in [0.2, 0.25) is 0 Å². The average Bonchev–Trinajstić information content (AvgIpc) is 2.83. The number of nitrogens with one attached hydrogen (secondary N) is 1. The van der Waals surface area contributed by atoms with Gasteiger partial charge >= 0.3 is 0 Å². The van der Waals surface area contributed by atoms with Crippen LogP contribution in [0.4, 0.5) is 0 Å². The van der Waals surface area contributed by atoms with E-state index < -0.39 is 104 Å². The molecule has 15 heteroatoms. The van der Waals surface area contributed by atoms with Crippen LogP contribution in [0.15, 0.2) is 0 Å². The van der Waals surface area contributed by atoms with Gasteiger partial charge in [-0.25, -0.2) is 0 Å². The van der Waals surface area contributed by atoms with E-state index in [9.17, 15) is 40.5 Å². The summed E-state index contributed by atoms with van der Waals surface area (Å²) in [5.41, 5.74) is -1.27. The first kappa shape index (κ1) is 32.5. The highest BCUT2D eigenvalue weighted by molar-refractivity contribution is 5.77. The topological polar surface area (TPSA) is 226 Å². The standard InChI is InChI=1S/C24H43NO14/c1-8-12(25-11(26)7-24(4,5)33)15(29)20(34-6)23(36-8)39-19-14(28)10(3)37-22(17(19)31)38-18-13(27)9(2)35-21(32)16(18)30/h8-10,12-23,27-33H,7H2,1-6H3,(H,25,26)/t8-,9+,10+,12-,13+,14+,15+,16-,17-,18-,19-,20-,21+,22-,23+/m1/s1. The molecule has 0 aromatic rings. The second kappa shape index (κ2) is 12.9. The minimum absolute atomic E-state index is 0.216. The number of hydrogen-bond donors (Lipinski definition) is 8. The van der Waals surface area contributed by atoms with E-state index in [1.54, 1.807) is 6.92 Å². The zero-order valence-corrected chi connectivity index (χ0v) is 22.9. The zero-order valence-electron chi connectivity index (χ0n) is 22.9. The van der Waals surface area contributed by atoms with Gasteiger partial charge in [-0.2, -0.15) is 0 Å². The molecule has 0 aromatic carbocycles. The van der Waals surface area contributed by atoms with Gasteiger partial charge in [-0.15, -0.1) is 0 Å². The number of aliphatic hydroxyl groups excluding tert-OH is 6. The maximum atomic E-state index is 12.4. The van der Waals surface area contributed by atoms with Crippen LogP contribution in [0.5, 0.6) is 0 Å². The Bertz CT molecular complexity index is 798. The van der Waals surface area contributed by atoms with Crippen LogP contribution in [0.1, 0.15) is 41.0 Å². The van der Waals surface area contributed by atoms with Crippen molar-refractivity contribution < 1.29 is 69.0 Å². The van der Waals surface area contributed by atoms with Crippen LogP contribution in [0.25, 0.3) is 0 Å². The van der Waals surface area contributed by atoms with E-state index in [0.717, 1.165) is 0 Å². The highest BCUT2D eigenvalue weighted by atomic mass is 16.7. The third kappa shape index (κ3) is 7.43. The summed E-state index contributed by atoms with van der Waals surface area (Å²) < 4.78 is 33.4. The molecule has 0 aliphatic carbocycles. The Morgan fingerprint density at radius 2 is 1.26 bits per heavy atom. The molecule has 0 saturated carbocycles. The fraction of sp³-hybridized carbons (Fsp3) is 0.958. The third-order valence-electron chi connectivity index (χ3n) is 7.18. The molecule has 3 heterocycles. The first-order valence-corrected chi connectivity index (χ1v) is 13.0. The van der Waals surface area contributed by atoms with Crippen molar-refractivity contribution in [2.75, 3.05) is 7.11 Å². The van der Waals surface area contributed by atoms with Crippen LogP contribution >= 0.6 is 0 Å². The van der Waals surface area contributed by atoms with Gasteiger partial charge in [0.25, 0.3) is 0 Å². The van der Waals surface area contributed by atoms with Crippen molar-refractivity contribution in [2.24, 2.45) is 0 Å². The van der Waals surface area contributed by atoms with Crippen LogP contribution in [-0.2, 0) is 33.2 Å². The Labute approximate surface area is 226 Å². The Morgan fingerprint density at radius 1 is 0.744 bits per heavy atom. The van der Waals surface area contributed by atoms with Gasteiger partial charge in [0.1, 0.15) is 48.8 Å². The monoisotopic (exact) mass is 569 g/mol. The van der Waals surface area contributed by atoms with Crippen molar-refractivity contribution >= 4 is 5.91 Å². The Kier molecular flexibility index (Phi) is 10.7. The van der Waals surface area contributed by atoms with Gasteiger partial charge in [0.2, 0.25) is 5.91 Å². The summed E-state index contributed by atoms with van der Waals surface area (Å²) in [7, 11) is 1.28. The molecule has 15 atom stereocenters. The van der Waals surface area contributed by atoms with Crippen LogP contribution in [0.3, 0.4) is 0 Å². The Hall–Kier alpha value is -1.05.